The smallest absolute Gasteiger partial charge is 0.268 e. The molecule has 0 atom stereocenters. The summed E-state index contributed by atoms with van der Waals surface area (Å²) in [6, 6.07) is 6.25. The van der Waals surface area contributed by atoms with E-state index in [1.807, 2.05) is 0 Å². The molecule has 6 heteroatoms. The van der Waals surface area contributed by atoms with Crippen LogP contribution in [0.25, 0.3) is 10.9 Å². The van der Waals surface area contributed by atoms with E-state index in [1.165, 1.54) is 12.1 Å². The van der Waals surface area contributed by atoms with Crippen molar-refractivity contribution < 1.29 is 14.0 Å². The van der Waals surface area contributed by atoms with E-state index in [1.54, 1.807) is 28.6 Å². The summed E-state index contributed by atoms with van der Waals surface area (Å²) < 4.78 is 15.4. The first-order valence-corrected chi connectivity index (χ1v) is 7.88. The number of nitrogens with zero attached hydrogens (tertiary/aromatic N) is 2. The molecule has 2 aromatic rings. The number of fused-ring (bicyclic) bond motifs is 1. The molecule has 23 heavy (non-hydrogen) atoms. The largest absolute Gasteiger partial charge is 0.342 e. The number of hydrogen-bond donors (Lipinski definition) is 1. The van der Waals surface area contributed by atoms with Gasteiger partial charge < -0.3 is 14.8 Å². The minimum absolute atomic E-state index is 0.0250. The van der Waals surface area contributed by atoms with Crippen LogP contribution in [0.1, 0.15) is 29.8 Å². The Morgan fingerprint density at radius 2 is 1.96 bits per heavy atom. The van der Waals surface area contributed by atoms with Gasteiger partial charge in [-0.3, -0.25) is 9.59 Å². The highest BCUT2D eigenvalue weighted by atomic mass is 19.1. The Morgan fingerprint density at radius 3 is 2.65 bits per heavy atom. The van der Waals surface area contributed by atoms with Crippen molar-refractivity contribution in [3.63, 3.8) is 0 Å². The van der Waals surface area contributed by atoms with E-state index in [9.17, 15) is 14.0 Å². The third-order valence-electron chi connectivity index (χ3n) is 4.38. The van der Waals surface area contributed by atoms with Crippen LogP contribution in [-0.2, 0) is 11.8 Å². The Morgan fingerprint density at radius 1 is 1.22 bits per heavy atom. The van der Waals surface area contributed by atoms with E-state index in [-0.39, 0.29) is 24.2 Å². The van der Waals surface area contributed by atoms with Crippen molar-refractivity contribution >= 4 is 22.7 Å². The van der Waals surface area contributed by atoms with Gasteiger partial charge in [-0.2, -0.15) is 0 Å². The molecule has 1 aromatic heterocycles. The number of carbonyl (C=O) groups is 2. The average Bonchev–Trinajstić information content (AvgIpc) is 2.92. The molecular weight excluding hydrogens is 297 g/mol. The first-order chi connectivity index (χ1) is 11.1. The molecule has 2 amide bonds. The summed E-state index contributed by atoms with van der Waals surface area (Å²) in [5, 5.41) is 3.05. The zero-order valence-electron chi connectivity index (χ0n) is 13.1. The molecule has 1 aliphatic heterocycles. The van der Waals surface area contributed by atoms with Crippen molar-refractivity contribution in [2.24, 2.45) is 7.05 Å². The molecule has 1 aromatic carbocycles. The molecule has 0 bridgehead atoms. The zero-order chi connectivity index (χ0) is 16.4. The fraction of sp³-hybridized carbons (Fsp3) is 0.412. The highest BCUT2D eigenvalue weighted by Crippen LogP contribution is 2.21. The molecule has 5 nitrogen and oxygen atoms in total. The maximum atomic E-state index is 13.8. The summed E-state index contributed by atoms with van der Waals surface area (Å²) >= 11 is 0. The maximum Gasteiger partial charge on any atom is 0.268 e. The Balaban J connectivity index is 1.70. The number of aromatic nitrogens is 1. The lowest BCUT2D eigenvalue weighted by atomic mass is 10.1. The van der Waals surface area contributed by atoms with Crippen LogP contribution in [0.3, 0.4) is 0 Å². The van der Waals surface area contributed by atoms with Crippen molar-refractivity contribution in [3.8, 4) is 0 Å². The number of carbonyl (C=O) groups excluding carboxylic acids is 2. The predicted octanol–water partition coefficient (Wildman–Crippen LogP) is 2.06. The Labute approximate surface area is 134 Å². The number of halogens is 1. The molecule has 2 heterocycles. The lowest BCUT2D eigenvalue weighted by Crippen LogP contribution is -2.42. The normalized spacial score (nSPS) is 15.0. The number of hydrogen-bond acceptors (Lipinski definition) is 2. The van der Waals surface area contributed by atoms with Crippen LogP contribution in [0, 0.1) is 5.82 Å². The van der Waals surface area contributed by atoms with Gasteiger partial charge in [0, 0.05) is 25.5 Å². The van der Waals surface area contributed by atoms with Crippen LogP contribution in [0.2, 0.25) is 0 Å². The number of amides is 2. The monoisotopic (exact) mass is 317 g/mol. The molecule has 1 N–H and O–H groups in total. The van der Waals surface area contributed by atoms with E-state index in [0.29, 0.717) is 16.6 Å². The highest BCUT2D eigenvalue weighted by Gasteiger charge is 2.19. The topological polar surface area (TPSA) is 54.3 Å². The second-order valence-corrected chi connectivity index (χ2v) is 5.89. The quantitative estimate of drug-likeness (QED) is 0.942. The third kappa shape index (κ3) is 3.06. The number of likely N-dealkylation sites (tertiary alicyclic amines) is 1. The van der Waals surface area contributed by atoms with Gasteiger partial charge in [0.15, 0.2) is 0 Å². The van der Waals surface area contributed by atoms with E-state index < -0.39 is 0 Å². The van der Waals surface area contributed by atoms with Gasteiger partial charge in [0.25, 0.3) is 5.91 Å². The molecule has 0 saturated carbocycles. The second kappa shape index (κ2) is 6.40. The molecule has 1 saturated heterocycles. The Hall–Kier alpha value is -2.37. The molecule has 122 valence electrons. The highest BCUT2D eigenvalue weighted by molar-refractivity contribution is 6.00. The van der Waals surface area contributed by atoms with Gasteiger partial charge in [-0.15, -0.1) is 0 Å². The molecule has 0 spiro atoms. The second-order valence-electron chi connectivity index (χ2n) is 5.89. The standard InChI is InChI=1S/C17H20FN3O2/c1-20-14-7-5-6-13(18)12(14)10-15(20)17(23)19-11-16(22)21-8-3-2-4-9-21/h5-7,10H,2-4,8-9,11H2,1H3,(H,19,23). The van der Waals surface area contributed by atoms with Crippen LogP contribution >= 0.6 is 0 Å². The van der Waals surface area contributed by atoms with Crippen LogP contribution in [0.5, 0.6) is 0 Å². The van der Waals surface area contributed by atoms with Crippen LogP contribution in [0.15, 0.2) is 24.3 Å². The van der Waals surface area contributed by atoms with Gasteiger partial charge in [-0.1, -0.05) is 6.07 Å². The number of benzene rings is 1. The fourth-order valence-electron chi connectivity index (χ4n) is 3.04. The molecular formula is C17H20FN3O2. The number of piperidine rings is 1. The summed E-state index contributed by atoms with van der Waals surface area (Å²) in [5.41, 5.74) is 0.994. The van der Waals surface area contributed by atoms with Gasteiger partial charge in [-0.05, 0) is 37.5 Å². The van der Waals surface area contributed by atoms with Gasteiger partial charge in [0.05, 0.1) is 12.1 Å². The van der Waals surface area contributed by atoms with Gasteiger partial charge in [0.2, 0.25) is 5.91 Å². The SMILES string of the molecule is Cn1c(C(=O)NCC(=O)N2CCCCC2)cc2c(F)cccc21. The van der Waals surface area contributed by atoms with Crippen LogP contribution < -0.4 is 5.32 Å². The Kier molecular flexibility index (Phi) is 4.32. The summed E-state index contributed by atoms with van der Waals surface area (Å²) in [4.78, 5) is 26.2. The first-order valence-electron chi connectivity index (χ1n) is 7.88. The van der Waals surface area contributed by atoms with Crippen molar-refractivity contribution in [2.75, 3.05) is 19.6 Å². The van der Waals surface area contributed by atoms with Gasteiger partial charge >= 0.3 is 0 Å². The van der Waals surface area contributed by atoms with Crippen molar-refractivity contribution in [3.05, 3.63) is 35.8 Å². The van der Waals surface area contributed by atoms with Crippen LogP contribution in [-0.4, -0.2) is 40.9 Å². The van der Waals surface area contributed by atoms with Crippen LogP contribution in [0.4, 0.5) is 4.39 Å². The van der Waals surface area contributed by atoms with E-state index in [0.717, 1.165) is 32.4 Å². The molecule has 1 aliphatic rings. The number of rotatable bonds is 3. The Bertz CT molecular complexity index is 748. The number of aryl methyl sites for hydroxylation is 1. The van der Waals surface area contributed by atoms with Crippen molar-refractivity contribution in [1.82, 2.24) is 14.8 Å². The van der Waals surface area contributed by atoms with E-state index in [4.69, 9.17) is 0 Å². The first kappa shape index (κ1) is 15.5. The molecule has 1 fully saturated rings. The summed E-state index contributed by atoms with van der Waals surface area (Å²) in [6.07, 6.45) is 3.18. The minimum atomic E-state index is -0.367. The maximum absolute atomic E-state index is 13.8. The third-order valence-corrected chi connectivity index (χ3v) is 4.38. The van der Waals surface area contributed by atoms with Crippen molar-refractivity contribution in [1.29, 1.82) is 0 Å². The summed E-state index contributed by atoms with van der Waals surface area (Å²) in [5.74, 6) is -0.794. The lowest BCUT2D eigenvalue weighted by molar-refractivity contribution is -0.130. The summed E-state index contributed by atoms with van der Waals surface area (Å²) in [6.45, 7) is 1.49. The molecule has 0 unspecified atom stereocenters. The average molecular weight is 317 g/mol. The van der Waals surface area contributed by atoms with Crippen molar-refractivity contribution in [2.45, 2.75) is 19.3 Å². The zero-order valence-corrected chi connectivity index (χ0v) is 13.1. The van der Waals surface area contributed by atoms with Gasteiger partial charge in [0.1, 0.15) is 11.5 Å². The molecule has 0 aliphatic carbocycles. The molecule has 0 radical (unpaired) electrons. The lowest BCUT2D eigenvalue weighted by Gasteiger charge is -2.26. The van der Waals surface area contributed by atoms with Gasteiger partial charge in [-0.25, -0.2) is 4.39 Å². The van der Waals surface area contributed by atoms with E-state index in [2.05, 4.69) is 5.32 Å². The number of nitrogens with one attached hydrogen (secondary N) is 1. The molecule has 3 rings (SSSR count). The van der Waals surface area contributed by atoms with E-state index >= 15 is 0 Å². The minimum Gasteiger partial charge on any atom is -0.342 e. The summed E-state index contributed by atoms with van der Waals surface area (Å²) in [7, 11) is 1.71. The predicted molar refractivity (Wildman–Crippen MR) is 85.6 cm³/mol. The fourth-order valence-corrected chi connectivity index (χ4v) is 3.04.